The molecular weight excluding hydrogens is 538 g/mol. The van der Waals surface area contributed by atoms with Crippen LogP contribution in [0.15, 0.2) is 66.5 Å². The van der Waals surface area contributed by atoms with Gasteiger partial charge >= 0.3 is 0 Å². The second-order valence-corrected chi connectivity index (χ2v) is 12.3. The van der Waals surface area contributed by atoms with Crippen molar-refractivity contribution in [3.63, 3.8) is 0 Å². The topological polar surface area (TPSA) is 61.5 Å². The van der Waals surface area contributed by atoms with Gasteiger partial charge in [0.05, 0.1) is 0 Å². The molecular formula is C41H63NO2. The van der Waals surface area contributed by atoms with E-state index in [2.05, 4.69) is 68.8 Å². The lowest BCUT2D eigenvalue weighted by molar-refractivity contribution is -0.123. The smallest absolute Gasteiger partial charge is 0.136 e. The van der Waals surface area contributed by atoms with Crippen molar-refractivity contribution in [2.75, 3.05) is 0 Å². The number of Topliss-reactive ketones (excluding diaryl/α,β-unsaturated/α-hetero) is 1. The third-order valence-electron chi connectivity index (χ3n) is 9.18. The molecule has 3 heteroatoms. The maximum absolute atomic E-state index is 12.8. The Kier molecular flexibility index (Phi) is 19.5. The Morgan fingerprint density at radius 3 is 2.16 bits per heavy atom. The fraction of sp³-hybridized carbons (Fsp3) is 0.561. The number of nitrogens with zero attached hydrogens (tertiary/aromatic N) is 1. The summed E-state index contributed by atoms with van der Waals surface area (Å²) in [5.41, 5.74) is 9.59. The molecule has 2 unspecified atom stereocenters. The Balaban J connectivity index is 0.000000510. The number of rotatable bonds is 9. The van der Waals surface area contributed by atoms with Crippen LogP contribution in [-0.2, 0) is 11.2 Å². The Morgan fingerprint density at radius 2 is 1.55 bits per heavy atom. The van der Waals surface area contributed by atoms with E-state index in [9.17, 15) is 4.79 Å². The molecule has 44 heavy (non-hydrogen) atoms. The molecule has 2 fully saturated rings. The highest BCUT2D eigenvalue weighted by molar-refractivity contribution is 5.81. The van der Waals surface area contributed by atoms with E-state index in [1.165, 1.54) is 83.9 Å². The van der Waals surface area contributed by atoms with Crippen molar-refractivity contribution in [3.05, 3.63) is 94.4 Å². The zero-order valence-electron chi connectivity index (χ0n) is 29.2. The number of carbonyl (C=O) groups excluding carboxylic acids is 1. The van der Waals surface area contributed by atoms with Gasteiger partial charge in [-0.3, -0.25) is 9.78 Å². The SMILES string of the molecule is C=Cc1c(C)cc(C)cc1C.CC.CC.O.O=C(CCCC1CCCCC1)C1CCC2C=C(CCc3ccncc3)C=C2C1. The van der Waals surface area contributed by atoms with Crippen LogP contribution in [0.2, 0.25) is 0 Å². The van der Waals surface area contributed by atoms with E-state index in [4.69, 9.17) is 0 Å². The molecule has 1 aromatic heterocycles. The Labute approximate surface area is 270 Å². The zero-order valence-corrected chi connectivity index (χ0v) is 29.2. The van der Waals surface area contributed by atoms with Gasteiger partial charge in [0.1, 0.15) is 5.78 Å². The van der Waals surface area contributed by atoms with Crippen LogP contribution in [0.4, 0.5) is 0 Å². The van der Waals surface area contributed by atoms with Gasteiger partial charge in [-0.1, -0.05) is 120 Å². The largest absolute Gasteiger partial charge is 0.412 e. The average Bonchev–Trinajstić information content (AvgIpc) is 3.45. The number of aromatic nitrogens is 1. The molecule has 2 saturated carbocycles. The fourth-order valence-electron chi connectivity index (χ4n) is 7.03. The fourth-order valence-corrected chi connectivity index (χ4v) is 7.03. The first kappa shape index (κ1) is 39.2. The van der Waals surface area contributed by atoms with E-state index < -0.39 is 0 Å². The molecule has 1 aromatic carbocycles. The summed E-state index contributed by atoms with van der Waals surface area (Å²) in [5.74, 6) is 2.35. The minimum absolute atomic E-state index is 0. The monoisotopic (exact) mass is 601 g/mol. The number of carbonyl (C=O) groups is 1. The van der Waals surface area contributed by atoms with Gasteiger partial charge in [-0.15, -0.1) is 0 Å². The predicted molar refractivity (Wildman–Crippen MR) is 192 cm³/mol. The van der Waals surface area contributed by atoms with Gasteiger partial charge in [-0.25, -0.2) is 0 Å². The second-order valence-electron chi connectivity index (χ2n) is 12.3. The van der Waals surface area contributed by atoms with Crippen LogP contribution < -0.4 is 0 Å². The number of aryl methyl sites for hydroxylation is 4. The summed E-state index contributed by atoms with van der Waals surface area (Å²) in [5, 5.41) is 0. The molecule has 2 atom stereocenters. The molecule has 5 rings (SSSR count). The van der Waals surface area contributed by atoms with Crippen LogP contribution in [0.1, 0.15) is 133 Å². The number of pyridine rings is 1. The normalized spacial score (nSPS) is 18.7. The standard InChI is InChI=1S/C26H35NO.C11H14.2C2H6.H2O/c28-26(8-4-7-20-5-2-1-3-6-20)24-12-11-23-17-22(18-25(23)19-24)10-9-21-13-15-27-16-14-21;1-5-11-9(3)6-8(2)7-10(11)4;2*1-2;/h13-18,20,23-24H,1-12,19H2;5-7H,1H2,2-4H3;2*1-2H3;1H2. The van der Waals surface area contributed by atoms with Crippen LogP contribution in [0.3, 0.4) is 0 Å². The van der Waals surface area contributed by atoms with Gasteiger partial charge in [-0.2, -0.15) is 0 Å². The van der Waals surface area contributed by atoms with E-state index >= 15 is 0 Å². The van der Waals surface area contributed by atoms with Gasteiger partial charge in [0.15, 0.2) is 0 Å². The first-order valence-corrected chi connectivity index (χ1v) is 17.5. The molecule has 3 nitrogen and oxygen atoms in total. The lowest BCUT2D eigenvalue weighted by Gasteiger charge is -2.27. The van der Waals surface area contributed by atoms with Crippen molar-refractivity contribution in [3.8, 4) is 0 Å². The molecule has 0 saturated heterocycles. The second kappa shape index (κ2) is 21.8. The summed E-state index contributed by atoms with van der Waals surface area (Å²) >= 11 is 0. The van der Waals surface area contributed by atoms with Gasteiger partial charge in [0.25, 0.3) is 0 Å². The lowest BCUT2D eigenvalue weighted by atomic mass is 9.77. The van der Waals surface area contributed by atoms with E-state index in [0.29, 0.717) is 17.6 Å². The summed E-state index contributed by atoms with van der Waals surface area (Å²) in [7, 11) is 0. The van der Waals surface area contributed by atoms with Crippen LogP contribution in [-0.4, -0.2) is 16.2 Å². The van der Waals surface area contributed by atoms with E-state index in [-0.39, 0.29) is 5.48 Å². The minimum Gasteiger partial charge on any atom is -0.412 e. The van der Waals surface area contributed by atoms with Crippen molar-refractivity contribution in [2.45, 2.75) is 132 Å². The Hall–Kier alpha value is -2.78. The molecule has 0 spiro atoms. The number of hydrogen-bond donors (Lipinski definition) is 0. The summed E-state index contributed by atoms with van der Waals surface area (Å²) < 4.78 is 0. The van der Waals surface area contributed by atoms with Crippen LogP contribution in [0, 0.1) is 38.5 Å². The highest BCUT2D eigenvalue weighted by Gasteiger charge is 2.31. The summed E-state index contributed by atoms with van der Waals surface area (Å²) in [6.45, 7) is 18.1. The number of allylic oxidation sites excluding steroid dienone is 4. The lowest BCUT2D eigenvalue weighted by Crippen LogP contribution is -2.22. The van der Waals surface area contributed by atoms with Crippen LogP contribution in [0.25, 0.3) is 6.08 Å². The van der Waals surface area contributed by atoms with Crippen molar-refractivity contribution in [1.82, 2.24) is 4.98 Å². The molecule has 0 bridgehead atoms. The highest BCUT2D eigenvalue weighted by atomic mass is 16.1. The maximum Gasteiger partial charge on any atom is 0.136 e. The molecule has 0 radical (unpaired) electrons. The van der Waals surface area contributed by atoms with Crippen molar-refractivity contribution in [2.24, 2.45) is 17.8 Å². The van der Waals surface area contributed by atoms with Gasteiger partial charge < -0.3 is 5.48 Å². The number of benzene rings is 1. The maximum atomic E-state index is 12.8. The quantitative estimate of drug-likeness (QED) is 0.287. The van der Waals surface area contributed by atoms with Crippen molar-refractivity contribution in [1.29, 1.82) is 0 Å². The number of ketones is 1. The molecule has 3 aliphatic rings. The van der Waals surface area contributed by atoms with Crippen LogP contribution in [0.5, 0.6) is 0 Å². The predicted octanol–water partition coefficient (Wildman–Crippen LogP) is 11.1. The minimum atomic E-state index is 0. The van der Waals surface area contributed by atoms with E-state index in [0.717, 1.165) is 44.4 Å². The van der Waals surface area contributed by atoms with Gasteiger partial charge in [0.2, 0.25) is 0 Å². The summed E-state index contributed by atoms with van der Waals surface area (Å²) in [4.78, 5) is 16.9. The number of hydrogen-bond acceptors (Lipinski definition) is 2. The molecule has 244 valence electrons. The van der Waals surface area contributed by atoms with Crippen molar-refractivity contribution >= 4 is 11.9 Å². The van der Waals surface area contributed by atoms with Crippen molar-refractivity contribution < 1.29 is 10.3 Å². The van der Waals surface area contributed by atoms with Gasteiger partial charge in [0, 0.05) is 24.7 Å². The van der Waals surface area contributed by atoms with E-state index in [1.807, 2.05) is 46.2 Å². The zero-order chi connectivity index (χ0) is 31.6. The Morgan fingerprint density at radius 1 is 0.909 bits per heavy atom. The molecule has 0 aliphatic heterocycles. The van der Waals surface area contributed by atoms with Gasteiger partial charge in [-0.05, 0) is 106 Å². The first-order chi connectivity index (χ1) is 20.9. The van der Waals surface area contributed by atoms with Crippen LogP contribution >= 0.6 is 0 Å². The van der Waals surface area contributed by atoms with E-state index in [1.54, 1.807) is 0 Å². The molecule has 2 aromatic rings. The summed E-state index contributed by atoms with van der Waals surface area (Å²) in [6, 6.07) is 8.59. The first-order valence-electron chi connectivity index (χ1n) is 17.5. The molecule has 0 amide bonds. The third kappa shape index (κ3) is 12.7. The molecule has 1 heterocycles. The summed E-state index contributed by atoms with van der Waals surface area (Å²) in [6.07, 6.45) is 26.3. The Bertz CT molecular complexity index is 1150. The average molecular weight is 602 g/mol. The molecule has 3 aliphatic carbocycles. The highest BCUT2D eigenvalue weighted by Crippen LogP contribution is 2.41. The molecule has 2 N–H and O–H groups in total. The third-order valence-corrected chi connectivity index (χ3v) is 9.18. The number of fused-ring (bicyclic) bond motifs is 1.